The van der Waals surface area contributed by atoms with E-state index in [1.165, 1.54) is 32.1 Å². The zero-order valence-electron chi connectivity index (χ0n) is 8.46. The van der Waals surface area contributed by atoms with E-state index in [4.69, 9.17) is 0 Å². The number of rotatable bonds is 0. The lowest BCUT2D eigenvalue weighted by Gasteiger charge is -2.58. The zero-order chi connectivity index (χ0) is 9.34. The summed E-state index contributed by atoms with van der Waals surface area (Å²) in [5.74, 6) is 3.11. The summed E-state index contributed by atoms with van der Waals surface area (Å²) in [7, 11) is 0. The summed E-state index contributed by atoms with van der Waals surface area (Å²) in [4.78, 5) is 11.6. The van der Waals surface area contributed by atoms with Gasteiger partial charge in [-0.3, -0.25) is 4.79 Å². The first-order valence-corrected chi connectivity index (χ1v) is 6.05. The third-order valence-corrected chi connectivity index (χ3v) is 5.29. The summed E-state index contributed by atoms with van der Waals surface area (Å²) in [6.45, 7) is 0. The first-order valence-electron chi connectivity index (χ1n) is 6.05. The molecule has 4 saturated carbocycles. The van der Waals surface area contributed by atoms with E-state index in [9.17, 15) is 4.79 Å². The number of hydrogen-bond donors (Lipinski definition) is 1. The number of carbonyl (C=O) groups is 1. The Bertz CT molecular complexity index is 297. The minimum absolute atomic E-state index is 0.336. The van der Waals surface area contributed by atoms with Crippen molar-refractivity contribution in [2.45, 2.75) is 44.6 Å². The Balaban J connectivity index is 1.80. The molecule has 1 heterocycles. The Kier molecular flexibility index (Phi) is 1.20. The molecule has 5 rings (SSSR count). The van der Waals surface area contributed by atoms with Gasteiger partial charge in [-0.25, -0.2) is 0 Å². The van der Waals surface area contributed by atoms with Crippen molar-refractivity contribution in [2.75, 3.05) is 0 Å². The molecule has 0 aromatic heterocycles. The van der Waals surface area contributed by atoms with Gasteiger partial charge in [-0.05, 0) is 49.9 Å². The van der Waals surface area contributed by atoms with Crippen molar-refractivity contribution in [1.82, 2.24) is 5.32 Å². The van der Waals surface area contributed by atoms with Crippen molar-refractivity contribution in [3.63, 3.8) is 0 Å². The van der Waals surface area contributed by atoms with Gasteiger partial charge in [0.1, 0.15) is 0 Å². The molecular weight excluding hydrogens is 174 g/mol. The molecule has 0 radical (unpaired) electrons. The lowest BCUT2D eigenvalue weighted by Crippen LogP contribution is -2.56. The molecular formula is C12H17NO. The summed E-state index contributed by atoms with van der Waals surface area (Å²) in [5, 5.41) is 3.25. The topological polar surface area (TPSA) is 29.1 Å². The highest BCUT2D eigenvalue weighted by Gasteiger charge is 2.60. The molecule has 14 heavy (non-hydrogen) atoms. The molecule has 4 aliphatic carbocycles. The van der Waals surface area contributed by atoms with E-state index >= 15 is 0 Å². The van der Waals surface area contributed by atoms with Crippen LogP contribution in [0.5, 0.6) is 0 Å². The first-order chi connectivity index (χ1) is 6.75. The van der Waals surface area contributed by atoms with Crippen molar-refractivity contribution >= 4 is 5.91 Å². The second-order valence-corrected chi connectivity index (χ2v) is 6.19. The summed E-state index contributed by atoms with van der Waals surface area (Å²) < 4.78 is 0. The van der Waals surface area contributed by atoms with Gasteiger partial charge >= 0.3 is 0 Å². The molecule has 0 unspecified atom stereocenters. The van der Waals surface area contributed by atoms with Crippen molar-refractivity contribution < 1.29 is 4.79 Å². The Labute approximate surface area is 84.4 Å². The average molecular weight is 191 g/mol. The molecule has 5 aliphatic rings. The molecule has 2 nitrogen and oxygen atoms in total. The zero-order valence-corrected chi connectivity index (χ0v) is 8.46. The van der Waals surface area contributed by atoms with Crippen molar-refractivity contribution in [1.29, 1.82) is 0 Å². The van der Waals surface area contributed by atoms with Gasteiger partial charge in [0.15, 0.2) is 0 Å². The lowest BCUT2D eigenvalue weighted by molar-refractivity contribution is -0.120. The molecule has 1 N–H and O–H groups in total. The summed E-state index contributed by atoms with van der Waals surface area (Å²) in [5.41, 5.74) is 0.422. The van der Waals surface area contributed by atoms with Crippen molar-refractivity contribution in [3.8, 4) is 0 Å². The number of nitrogens with one attached hydrogen (secondary N) is 1. The van der Waals surface area contributed by atoms with Gasteiger partial charge in [0.05, 0.1) is 0 Å². The molecule has 4 bridgehead atoms. The van der Waals surface area contributed by atoms with E-state index in [2.05, 4.69) is 5.32 Å². The highest BCUT2D eigenvalue weighted by molar-refractivity contribution is 5.80. The molecule has 1 aliphatic heterocycles. The standard InChI is InChI=1S/C12H17NO/c14-10-6-12-4-7-1-8(5-12)3-9(2-7)11(12)13-10/h7-9,11H,1-6H2,(H,13,14)/t7-,8-,9?,11-,12?/m0/s1. The molecule has 1 amide bonds. The minimum atomic E-state index is 0.336. The van der Waals surface area contributed by atoms with Gasteiger partial charge in [0.25, 0.3) is 0 Å². The van der Waals surface area contributed by atoms with Crippen LogP contribution in [0.2, 0.25) is 0 Å². The van der Waals surface area contributed by atoms with Crippen LogP contribution in [0.15, 0.2) is 0 Å². The Hall–Kier alpha value is -0.530. The maximum absolute atomic E-state index is 11.6. The number of hydrogen-bond acceptors (Lipinski definition) is 1. The van der Waals surface area contributed by atoms with Gasteiger partial charge in [-0.15, -0.1) is 0 Å². The van der Waals surface area contributed by atoms with E-state index in [-0.39, 0.29) is 0 Å². The Morgan fingerprint density at radius 2 is 1.86 bits per heavy atom. The summed E-state index contributed by atoms with van der Waals surface area (Å²) in [6, 6.07) is 0.572. The predicted octanol–water partition coefficient (Wildman–Crippen LogP) is 1.70. The highest BCUT2D eigenvalue weighted by Crippen LogP contribution is 2.62. The maximum Gasteiger partial charge on any atom is 0.220 e. The van der Waals surface area contributed by atoms with Crippen LogP contribution < -0.4 is 5.32 Å². The van der Waals surface area contributed by atoms with Gasteiger partial charge in [0.2, 0.25) is 5.91 Å². The van der Waals surface area contributed by atoms with Crippen LogP contribution in [0, 0.1) is 23.2 Å². The third-order valence-electron chi connectivity index (χ3n) is 5.29. The second kappa shape index (κ2) is 2.17. The van der Waals surface area contributed by atoms with Crippen LogP contribution in [0.4, 0.5) is 0 Å². The van der Waals surface area contributed by atoms with Gasteiger partial charge in [-0.2, -0.15) is 0 Å². The molecule has 76 valence electrons. The molecule has 1 saturated heterocycles. The smallest absolute Gasteiger partial charge is 0.220 e. The monoisotopic (exact) mass is 191 g/mol. The largest absolute Gasteiger partial charge is 0.353 e. The van der Waals surface area contributed by atoms with E-state index in [0.29, 0.717) is 17.4 Å². The highest BCUT2D eigenvalue weighted by atomic mass is 16.2. The quantitative estimate of drug-likeness (QED) is 0.620. The van der Waals surface area contributed by atoms with Crippen LogP contribution in [-0.2, 0) is 4.79 Å². The average Bonchev–Trinajstić information content (AvgIpc) is 2.40. The fraction of sp³-hybridized carbons (Fsp3) is 0.917. The van der Waals surface area contributed by atoms with E-state index in [1.54, 1.807) is 0 Å². The maximum atomic E-state index is 11.6. The van der Waals surface area contributed by atoms with Gasteiger partial charge in [0, 0.05) is 17.9 Å². The van der Waals surface area contributed by atoms with Crippen LogP contribution in [0.25, 0.3) is 0 Å². The van der Waals surface area contributed by atoms with Crippen molar-refractivity contribution in [2.24, 2.45) is 23.2 Å². The van der Waals surface area contributed by atoms with Crippen LogP contribution in [-0.4, -0.2) is 11.9 Å². The molecule has 1 spiro atoms. The molecule has 5 fully saturated rings. The van der Waals surface area contributed by atoms with Gasteiger partial charge < -0.3 is 5.32 Å². The molecule has 3 atom stereocenters. The summed E-state index contributed by atoms with van der Waals surface area (Å²) >= 11 is 0. The van der Waals surface area contributed by atoms with Crippen LogP contribution in [0.1, 0.15) is 38.5 Å². The molecule has 0 aromatic carbocycles. The fourth-order valence-corrected chi connectivity index (χ4v) is 5.28. The third kappa shape index (κ3) is 0.768. The Morgan fingerprint density at radius 3 is 2.57 bits per heavy atom. The molecule has 0 aromatic rings. The SMILES string of the molecule is O=C1CC23C[C@@H]4CC(C[C@H](C4)C2)[C@@H]3N1. The fourth-order valence-electron chi connectivity index (χ4n) is 5.28. The van der Waals surface area contributed by atoms with E-state index in [1.807, 2.05) is 0 Å². The number of amides is 1. The van der Waals surface area contributed by atoms with Crippen molar-refractivity contribution in [3.05, 3.63) is 0 Å². The second-order valence-electron chi connectivity index (χ2n) is 6.19. The normalized spacial score (nSPS) is 58.7. The van der Waals surface area contributed by atoms with E-state index in [0.717, 1.165) is 24.2 Å². The van der Waals surface area contributed by atoms with Gasteiger partial charge in [-0.1, -0.05) is 0 Å². The van der Waals surface area contributed by atoms with E-state index < -0.39 is 0 Å². The predicted molar refractivity (Wildman–Crippen MR) is 52.5 cm³/mol. The summed E-state index contributed by atoms with van der Waals surface area (Å²) in [6.07, 6.45) is 7.83. The van der Waals surface area contributed by atoms with Crippen LogP contribution in [0.3, 0.4) is 0 Å². The lowest BCUT2D eigenvalue weighted by atomic mass is 9.48. The molecule has 2 heteroatoms. The number of carbonyl (C=O) groups excluding carboxylic acids is 1. The van der Waals surface area contributed by atoms with Crippen LogP contribution >= 0.6 is 0 Å². The Morgan fingerprint density at radius 1 is 1.14 bits per heavy atom. The first kappa shape index (κ1) is 7.72. The minimum Gasteiger partial charge on any atom is -0.353 e.